The number of aryl methyl sites for hydroxylation is 1. The Hall–Kier alpha value is -2.35. The van der Waals surface area contributed by atoms with Crippen molar-refractivity contribution >= 4 is 12.1 Å². The van der Waals surface area contributed by atoms with Gasteiger partial charge in [-0.1, -0.05) is 6.42 Å². The molecule has 1 amide bonds. The van der Waals surface area contributed by atoms with Gasteiger partial charge in [-0.2, -0.15) is 0 Å². The summed E-state index contributed by atoms with van der Waals surface area (Å²) in [6, 6.07) is 3.41. The van der Waals surface area contributed by atoms with Crippen molar-refractivity contribution in [1.29, 1.82) is 0 Å². The number of nitrogens with one attached hydrogen (secondary N) is 1. The van der Waals surface area contributed by atoms with E-state index in [1.807, 2.05) is 20.8 Å². The molecule has 0 aliphatic carbocycles. The molecule has 168 valence electrons. The van der Waals surface area contributed by atoms with Crippen molar-refractivity contribution in [3.05, 3.63) is 23.5 Å². The Morgan fingerprint density at radius 2 is 1.90 bits per heavy atom. The molecule has 30 heavy (non-hydrogen) atoms. The first-order valence-corrected chi connectivity index (χ1v) is 10.7. The van der Waals surface area contributed by atoms with Gasteiger partial charge in [-0.15, -0.1) is 0 Å². The van der Waals surface area contributed by atoms with Crippen LogP contribution in [0.1, 0.15) is 69.1 Å². The summed E-state index contributed by atoms with van der Waals surface area (Å²) >= 11 is 0. The van der Waals surface area contributed by atoms with Crippen LogP contribution in [-0.4, -0.2) is 65.4 Å². The number of ether oxygens (including phenoxy) is 2. The molecule has 1 aliphatic rings. The van der Waals surface area contributed by atoms with Crippen LogP contribution in [0.4, 0.5) is 4.79 Å². The molecule has 8 heteroatoms. The third-order valence-electron chi connectivity index (χ3n) is 5.03. The maximum atomic E-state index is 11.9. The minimum Gasteiger partial charge on any atom is -0.505 e. The van der Waals surface area contributed by atoms with Crippen LogP contribution in [0.3, 0.4) is 0 Å². The number of methoxy groups -OCH3 is 1. The van der Waals surface area contributed by atoms with E-state index in [2.05, 4.69) is 19.9 Å². The lowest BCUT2D eigenvalue weighted by molar-refractivity contribution is 0.0478. The Morgan fingerprint density at radius 3 is 2.53 bits per heavy atom. The van der Waals surface area contributed by atoms with Crippen LogP contribution in [-0.2, 0) is 15.9 Å². The summed E-state index contributed by atoms with van der Waals surface area (Å²) in [7, 11) is 1.27. The van der Waals surface area contributed by atoms with Crippen LogP contribution in [0.2, 0.25) is 0 Å². The van der Waals surface area contributed by atoms with Gasteiger partial charge in [-0.3, -0.25) is 0 Å². The number of hydrogen-bond donors (Lipinski definition) is 2. The van der Waals surface area contributed by atoms with Crippen LogP contribution in [0.15, 0.2) is 12.1 Å². The Labute approximate surface area is 179 Å². The van der Waals surface area contributed by atoms with Crippen molar-refractivity contribution in [2.75, 3.05) is 26.7 Å². The second-order valence-electron chi connectivity index (χ2n) is 8.73. The normalized spacial score (nSPS) is 15.6. The van der Waals surface area contributed by atoms with Crippen molar-refractivity contribution in [1.82, 2.24) is 15.2 Å². The number of aromatic nitrogens is 1. The van der Waals surface area contributed by atoms with Gasteiger partial charge < -0.3 is 24.8 Å². The number of rotatable bonds is 8. The highest BCUT2D eigenvalue weighted by atomic mass is 16.6. The molecule has 0 bridgehead atoms. The number of esters is 1. The molecule has 2 N–H and O–H groups in total. The Bertz CT molecular complexity index is 709. The highest BCUT2D eigenvalue weighted by Crippen LogP contribution is 2.18. The number of carbonyl (C=O) groups is 2. The van der Waals surface area contributed by atoms with E-state index in [1.165, 1.54) is 13.2 Å². The molecule has 8 nitrogen and oxygen atoms in total. The third kappa shape index (κ3) is 8.18. The van der Waals surface area contributed by atoms with E-state index in [0.717, 1.165) is 63.9 Å². The number of aromatic hydroxyl groups is 1. The summed E-state index contributed by atoms with van der Waals surface area (Å²) in [5.41, 5.74) is 0.279. The summed E-state index contributed by atoms with van der Waals surface area (Å²) < 4.78 is 9.96. The lowest BCUT2D eigenvalue weighted by Crippen LogP contribution is -2.46. The average Bonchev–Trinajstić information content (AvgIpc) is 2.68. The fraction of sp³-hybridized carbons (Fsp3) is 0.682. The second-order valence-corrected chi connectivity index (χ2v) is 8.73. The summed E-state index contributed by atoms with van der Waals surface area (Å²) in [5.74, 6) is -0.783. The largest absolute Gasteiger partial charge is 0.505 e. The predicted molar refractivity (Wildman–Crippen MR) is 114 cm³/mol. The number of amides is 1. The quantitative estimate of drug-likeness (QED) is 0.491. The number of likely N-dealkylation sites (tertiary alicyclic amines) is 1. The lowest BCUT2D eigenvalue weighted by Gasteiger charge is -2.32. The van der Waals surface area contributed by atoms with Crippen molar-refractivity contribution in [2.24, 2.45) is 0 Å². The minimum absolute atomic E-state index is 0.0298. The molecular formula is C22H35N3O5. The highest BCUT2D eigenvalue weighted by Gasteiger charge is 2.23. The fourth-order valence-corrected chi connectivity index (χ4v) is 3.47. The zero-order chi connectivity index (χ0) is 22.1. The Morgan fingerprint density at radius 1 is 1.20 bits per heavy atom. The Kier molecular flexibility index (Phi) is 8.89. The van der Waals surface area contributed by atoms with Gasteiger partial charge in [0.1, 0.15) is 11.4 Å². The molecule has 1 saturated heterocycles. The molecule has 1 aliphatic heterocycles. The first-order chi connectivity index (χ1) is 14.2. The first kappa shape index (κ1) is 23.9. The number of pyridine rings is 1. The number of piperidine rings is 1. The van der Waals surface area contributed by atoms with E-state index in [9.17, 15) is 14.7 Å². The zero-order valence-corrected chi connectivity index (χ0v) is 18.6. The molecule has 1 fully saturated rings. The molecule has 0 spiro atoms. The van der Waals surface area contributed by atoms with Crippen molar-refractivity contribution < 1.29 is 24.2 Å². The van der Waals surface area contributed by atoms with Crippen molar-refractivity contribution in [2.45, 2.75) is 70.9 Å². The second kappa shape index (κ2) is 11.2. The smallest absolute Gasteiger partial charge is 0.407 e. The predicted octanol–water partition coefficient (Wildman–Crippen LogP) is 3.28. The molecule has 0 unspecified atom stereocenters. The molecule has 0 radical (unpaired) electrons. The van der Waals surface area contributed by atoms with Crippen molar-refractivity contribution in [3.63, 3.8) is 0 Å². The molecule has 0 saturated carbocycles. The number of nitrogens with zero attached hydrogens (tertiary/aromatic N) is 2. The van der Waals surface area contributed by atoms with E-state index >= 15 is 0 Å². The Balaban J connectivity index is 1.61. The topological polar surface area (TPSA) is 101 Å². The maximum absolute atomic E-state index is 11.9. The van der Waals surface area contributed by atoms with Gasteiger partial charge in [0.2, 0.25) is 0 Å². The molecule has 0 atom stereocenters. The van der Waals surface area contributed by atoms with Gasteiger partial charge in [0.05, 0.1) is 7.11 Å². The number of unbranched alkanes of at least 4 members (excludes halogenated alkanes) is 2. The molecule has 0 aromatic carbocycles. The molecule has 2 rings (SSSR count). The summed E-state index contributed by atoms with van der Waals surface area (Å²) in [4.78, 5) is 30.1. The van der Waals surface area contributed by atoms with Crippen molar-refractivity contribution in [3.8, 4) is 5.75 Å². The van der Waals surface area contributed by atoms with E-state index in [0.29, 0.717) is 0 Å². The van der Waals surface area contributed by atoms with Gasteiger partial charge in [-0.05, 0) is 71.6 Å². The van der Waals surface area contributed by atoms with Crippen LogP contribution >= 0.6 is 0 Å². The van der Waals surface area contributed by atoms with Crippen LogP contribution in [0.5, 0.6) is 5.75 Å². The van der Waals surface area contributed by atoms with Crippen LogP contribution in [0.25, 0.3) is 0 Å². The van der Waals surface area contributed by atoms with E-state index in [4.69, 9.17) is 4.74 Å². The highest BCUT2D eigenvalue weighted by molar-refractivity contribution is 5.90. The molecule has 1 aromatic heterocycles. The molecular weight excluding hydrogens is 386 g/mol. The van der Waals surface area contributed by atoms with Gasteiger partial charge in [0.15, 0.2) is 5.69 Å². The summed E-state index contributed by atoms with van der Waals surface area (Å²) in [5, 5.41) is 12.7. The SMILES string of the molecule is COC(=O)c1nc(CCCCCN2CCC(NC(=O)OC(C)(C)C)CC2)ccc1O. The van der Waals surface area contributed by atoms with Gasteiger partial charge in [-0.25, -0.2) is 14.6 Å². The van der Waals surface area contributed by atoms with Gasteiger partial charge >= 0.3 is 12.1 Å². The number of carbonyl (C=O) groups excluding carboxylic acids is 2. The number of hydrogen-bond acceptors (Lipinski definition) is 7. The average molecular weight is 422 g/mol. The van der Waals surface area contributed by atoms with Crippen LogP contribution < -0.4 is 5.32 Å². The fourth-order valence-electron chi connectivity index (χ4n) is 3.47. The summed E-state index contributed by atoms with van der Waals surface area (Å²) in [6.07, 6.45) is 5.42. The maximum Gasteiger partial charge on any atom is 0.407 e. The monoisotopic (exact) mass is 421 g/mol. The number of alkyl carbamates (subject to hydrolysis) is 1. The lowest BCUT2D eigenvalue weighted by atomic mass is 10.0. The van der Waals surface area contributed by atoms with E-state index in [-0.39, 0.29) is 23.6 Å². The summed E-state index contributed by atoms with van der Waals surface area (Å²) in [6.45, 7) is 8.58. The van der Waals surface area contributed by atoms with Gasteiger partial charge in [0, 0.05) is 24.8 Å². The molecule has 1 aromatic rings. The standard InChI is InChI=1S/C22H35N3O5/c1-22(2,3)30-21(28)24-17-11-14-25(15-12-17)13-7-5-6-8-16-9-10-18(26)19(23-16)20(27)29-4/h9-10,17,26H,5-8,11-15H2,1-4H3,(H,24,28). The van der Waals surface area contributed by atoms with Crippen LogP contribution in [0, 0.1) is 0 Å². The van der Waals surface area contributed by atoms with E-state index < -0.39 is 11.6 Å². The third-order valence-corrected chi connectivity index (χ3v) is 5.03. The first-order valence-electron chi connectivity index (χ1n) is 10.7. The van der Waals surface area contributed by atoms with Gasteiger partial charge in [0.25, 0.3) is 0 Å². The zero-order valence-electron chi connectivity index (χ0n) is 18.6. The minimum atomic E-state index is -0.626. The van der Waals surface area contributed by atoms with E-state index in [1.54, 1.807) is 6.07 Å². The molecule has 2 heterocycles.